The summed E-state index contributed by atoms with van der Waals surface area (Å²) in [6.45, 7) is 3.37. The van der Waals surface area contributed by atoms with Crippen LogP contribution in [0.3, 0.4) is 0 Å². The highest BCUT2D eigenvalue weighted by molar-refractivity contribution is 6.03. The number of aromatic amines is 2. The van der Waals surface area contributed by atoms with Gasteiger partial charge in [-0.2, -0.15) is 0 Å². The molecule has 13 amide bonds. The summed E-state index contributed by atoms with van der Waals surface area (Å²) in [5.41, 5.74) is 14.6. The normalized spacial score (nSPS) is 18.2. The lowest BCUT2D eigenvalue weighted by Gasteiger charge is -2.36. The summed E-state index contributed by atoms with van der Waals surface area (Å²) in [6.07, 6.45) is 6.47. The highest BCUT2D eigenvalue weighted by Gasteiger charge is 2.55. The molecule has 6 aliphatic rings. The number of esters is 1. The number of H-pyrrole nitrogens is 2. The molecule has 141 heavy (non-hydrogen) atoms. The Labute approximate surface area is 808 Å². The summed E-state index contributed by atoms with van der Waals surface area (Å²) in [6, 6.07) is 13.5. The van der Waals surface area contributed by atoms with Gasteiger partial charge >= 0.3 is 12.1 Å². The van der Waals surface area contributed by atoms with Crippen molar-refractivity contribution in [2.24, 2.45) is 35.1 Å². The molecule has 12 atom stereocenters. The lowest BCUT2D eigenvalue weighted by atomic mass is 9.77. The Morgan fingerprint density at radius 1 is 0.617 bits per heavy atom. The Morgan fingerprint density at radius 3 is 1.91 bits per heavy atom. The fourth-order valence-corrected chi connectivity index (χ4v) is 18.7. The van der Waals surface area contributed by atoms with Crippen molar-refractivity contribution < 1.29 is 111 Å². The standard InChI is InChI=1S/C96H118N22O23/c1-51(2)38-72(86(128)109-71(10-5-29-102-94(98)99)92(134)117-32-7-12-78(117)91(133)105-47-81(97)123)110-84(126)69(108-87(129)73(39-52-13-16-56(120)17-14-52)111-90(132)76(48-119)114-88(130)74(41-54-45-104-67-9-4-3-8-59(54)67)112-89(131)75(42-55-46-100-50-106-55)113-85(127)70-26-28-82(124)107-70)11-6-33-118-77-27-21-61-60(20-25-68(77)115-116-118)63(61)49-139-95(136)103-31-35-138-37-36-137-34-30-101-83(125)53-15-22-64-62(40-53)93(135)141-96(64)65-23-18-57(121)43-79(65)140-80-44-58(122)19-24-66(80)96/h3-4,8-9,13-19,22-24,40,43-46,50-51,60-61,63,69-76,78,104,119-122H,5-7,10-12,20-21,25-39,41-42,47-49H2,1-2H3,(H2,97,123)(H,100,106)(H,101,125)(H,103,136)(H,105,133)(H,107,124)(H,108,129)(H,109,128)(H,110,126)(H,111,132)(H,112,131)(H,113,127)(H,114,130)(H4,98,99,102)/t60-,61+,63-,69-,70+,71+,72+,73+,74+,75+,76+,78+/m1/s1. The molecule has 2 saturated heterocycles. The molecule has 0 unspecified atom stereocenters. The number of imidazole rings is 1. The number of alkyl carbamates (subject to hydrolysis) is 1. The summed E-state index contributed by atoms with van der Waals surface area (Å²) in [7, 11) is 0. The largest absolute Gasteiger partial charge is 0.508 e. The number of phenols is 3. The van der Waals surface area contributed by atoms with Crippen LogP contribution < -0.4 is 80.0 Å². The van der Waals surface area contributed by atoms with Gasteiger partial charge in [-0.1, -0.05) is 55.5 Å². The number of carbonyl (C=O) groups is 14. The first kappa shape index (κ1) is 102. The number of likely N-dealkylation sites (tertiary alicyclic amines) is 1. The van der Waals surface area contributed by atoms with Gasteiger partial charge in [-0.15, -0.1) is 5.10 Å². The summed E-state index contributed by atoms with van der Waals surface area (Å²) < 4.78 is 30.9. The molecular formula is C96H118N22O23. The van der Waals surface area contributed by atoms with E-state index < -0.39 is 150 Å². The van der Waals surface area contributed by atoms with E-state index in [1.807, 2.05) is 0 Å². The van der Waals surface area contributed by atoms with E-state index in [1.165, 1.54) is 72.0 Å². The lowest BCUT2D eigenvalue weighted by molar-refractivity contribution is -0.142. The molecule has 750 valence electrons. The molecule has 1 saturated carbocycles. The molecule has 45 nitrogen and oxygen atoms in total. The second-order valence-corrected chi connectivity index (χ2v) is 36.2. The molecule has 7 heterocycles. The van der Waals surface area contributed by atoms with Crippen LogP contribution in [0.15, 0.2) is 122 Å². The third-order valence-electron chi connectivity index (χ3n) is 25.9. The van der Waals surface area contributed by atoms with Gasteiger partial charge in [0.05, 0.1) is 75.2 Å². The van der Waals surface area contributed by atoms with Crippen LogP contribution in [0.1, 0.15) is 150 Å². The van der Waals surface area contributed by atoms with Crippen LogP contribution in [-0.4, -0.2) is 271 Å². The Morgan fingerprint density at radius 2 is 1.24 bits per heavy atom. The maximum Gasteiger partial charge on any atom is 0.407 e. The number of phenolic OH excluding ortho intramolecular Hbond substituents is 3. The summed E-state index contributed by atoms with van der Waals surface area (Å²) >= 11 is 0. The molecule has 4 aliphatic heterocycles. The van der Waals surface area contributed by atoms with E-state index in [9.17, 15) is 73.2 Å². The van der Waals surface area contributed by atoms with E-state index in [2.05, 4.69) is 89.1 Å². The number of nitrogens with zero attached hydrogens (tertiary/aromatic N) is 5. The molecule has 0 radical (unpaired) electrons. The number of hydrogen-bond acceptors (Lipinski definition) is 27. The van der Waals surface area contributed by atoms with Crippen molar-refractivity contribution in [3.05, 3.63) is 178 Å². The minimum atomic E-state index is -1.86. The lowest BCUT2D eigenvalue weighted by Crippen LogP contribution is -2.61. The third-order valence-corrected chi connectivity index (χ3v) is 25.9. The van der Waals surface area contributed by atoms with Crippen LogP contribution in [0.25, 0.3) is 10.9 Å². The molecule has 45 heteroatoms. The first-order chi connectivity index (χ1) is 67.9. The topological polar surface area (TPSA) is 665 Å². The fourth-order valence-electron chi connectivity index (χ4n) is 18.7. The molecule has 3 fully saturated rings. The van der Waals surface area contributed by atoms with E-state index in [4.69, 9.17) is 40.6 Å². The van der Waals surface area contributed by atoms with Gasteiger partial charge in [-0.3, -0.25) is 62.9 Å². The van der Waals surface area contributed by atoms with E-state index in [0.717, 1.165) is 11.4 Å². The molecule has 1 spiro atoms. The number of ether oxygens (including phenoxy) is 5. The number of nitrogens with two attached hydrogens (primary N) is 2. The average molecular weight is 1950 g/mol. The summed E-state index contributed by atoms with van der Waals surface area (Å²) in [4.78, 5) is 208. The van der Waals surface area contributed by atoms with Gasteiger partial charge < -0.3 is 134 Å². The first-order valence-electron chi connectivity index (χ1n) is 47.1. The van der Waals surface area contributed by atoms with Gasteiger partial charge in [0.1, 0.15) is 83.1 Å². The predicted octanol–water partition coefficient (Wildman–Crippen LogP) is 0.172. The molecule has 2 aliphatic carbocycles. The van der Waals surface area contributed by atoms with Gasteiger partial charge in [0.15, 0.2) is 11.6 Å². The Hall–Kier alpha value is -15.3. The van der Waals surface area contributed by atoms with Crippen molar-refractivity contribution in [3.8, 4) is 28.7 Å². The maximum atomic E-state index is 15.5. The number of aromatic nitrogens is 6. The van der Waals surface area contributed by atoms with E-state index >= 15 is 14.4 Å². The van der Waals surface area contributed by atoms with E-state index in [0.29, 0.717) is 76.5 Å². The number of fused-ring (bicyclic) bond motifs is 9. The smallest absolute Gasteiger partial charge is 0.407 e. The van der Waals surface area contributed by atoms with Crippen LogP contribution in [0.4, 0.5) is 4.79 Å². The number of aliphatic hydroxyl groups is 1. The van der Waals surface area contributed by atoms with Crippen LogP contribution in [0.2, 0.25) is 0 Å². The monoisotopic (exact) mass is 1950 g/mol. The Kier molecular flexibility index (Phi) is 33.8. The van der Waals surface area contributed by atoms with Gasteiger partial charge in [-0.25, -0.2) is 19.3 Å². The van der Waals surface area contributed by atoms with Gasteiger partial charge in [0.25, 0.3) is 5.91 Å². The number of hydrogen-bond donors (Lipinski definition) is 21. The zero-order valence-electron chi connectivity index (χ0n) is 77.8. The second kappa shape index (κ2) is 46.9. The molecule has 8 aromatic rings. The van der Waals surface area contributed by atoms with Crippen molar-refractivity contribution >= 4 is 99.8 Å². The zero-order valence-corrected chi connectivity index (χ0v) is 77.8. The van der Waals surface area contributed by atoms with E-state index in [-0.39, 0.29) is 212 Å². The van der Waals surface area contributed by atoms with Gasteiger partial charge in [0.2, 0.25) is 65.0 Å². The van der Waals surface area contributed by atoms with Gasteiger partial charge in [0, 0.05) is 116 Å². The number of para-hydroxylation sites is 1. The van der Waals surface area contributed by atoms with Crippen LogP contribution >= 0.6 is 0 Å². The Balaban J connectivity index is 0.607. The SMILES string of the molecule is CC(C)C[C@H](NC(=O)[C@@H](CCCn1nnc2c1CC[C@H]1[C@@H](CC2)[C@H]1COC(=O)NCCOCCOCCNC(=O)c1ccc2c(c1)C(=O)OC21c2ccc(O)cc2Oc2cc(O)ccc21)NC(=O)[C@H](Cc1ccc(O)cc1)NC(=O)[C@H](CO)NC(=O)[C@H](Cc1c[nH]c2ccccc12)NC(=O)[C@H](Cc1c[nH]cn1)NC(=O)[C@@H]1CCC(=O)N1)C(=O)N[C@@H](CCCNC(=N)N)C(=O)N1CCC[C@H]1C(=O)NCC(N)=O. The van der Waals surface area contributed by atoms with Crippen LogP contribution in [0, 0.1) is 29.1 Å². The highest BCUT2D eigenvalue weighted by Crippen LogP contribution is 2.58. The third kappa shape index (κ3) is 25.8. The molecule has 14 rings (SSSR count). The number of benzene rings is 5. The van der Waals surface area contributed by atoms with Crippen LogP contribution in [-0.2, 0) is 116 Å². The molecule has 23 N–H and O–H groups in total. The summed E-state index contributed by atoms with van der Waals surface area (Å²) in [5, 5.41) is 91.9. The number of amides is 13. The van der Waals surface area contributed by atoms with E-state index in [1.54, 1.807) is 73.3 Å². The van der Waals surface area contributed by atoms with Gasteiger partial charge in [-0.05, 0) is 166 Å². The number of nitrogens with one attached hydrogen (secondary N) is 15. The quantitative estimate of drug-likeness (QED) is 0.0105. The minimum absolute atomic E-state index is 0.0324. The second-order valence-electron chi connectivity index (χ2n) is 36.2. The maximum absolute atomic E-state index is 15.5. The number of carbonyl (C=O) groups excluding carboxylic acids is 14. The number of primary amides is 1. The number of aryl methyl sites for hydroxylation is 2. The van der Waals surface area contributed by atoms with Crippen molar-refractivity contribution in [2.45, 2.75) is 183 Å². The first-order valence-corrected chi connectivity index (χ1v) is 47.1. The average Bonchev–Trinajstić information content (AvgIpc) is 1.57. The summed E-state index contributed by atoms with van der Waals surface area (Å²) in [5.74, 6) is -10.1. The number of aromatic hydroxyl groups is 3. The number of aliphatic hydroxyl groups excluding tert-OH is 1. The zero-order chi connectivity index (χ0) is 100. The highest BCUT2D eigenvalue weighted by atomic mass is 16.6. The fraction of sp³-hybridized carbons (Fsp3) is 0.458. The van der Waals surface area contributed by atoms with Crippen molar-refractivity contribution in [1.29, 1.82) is 5.41 Å². The predicted molar refractivity (Wildman–Crippen MR) is 501 cm³/mol. The van der Waals surface area contributed by atoms with Crippen LogP contribution in [0.5, 0.6) is 28.7 Å². The minimum Gasteiger partial charge on any atom is -0.508 e. The van der Waals surface area contributed by atoms with Crippen molar-refractivity contribution in [2.75, 3.05) is 72.4 Å². The number of rotatable bonds is 47. The molecule has 0 bridgehead atoms. The molecule has 3 aromatic heterocycles. The van der Waals surface area contributed by atoms with Crippen molar-refractivity contribution in [3.63, 3.8) is 0 Å². The number of guanidine groups is 1. The molecular weight excluding hydrogens is 1830 g/mol. The Bertz CT molecular complexity index is 5880. The molecule has 5 aromatic carbocycles. The van der Waals surface area contributed by atoms with Crippen molar-refractivity contribution in [1.82, 2.24) is 98.6 Å².